The third kappa shape index (κ3) is 3.66. The fraction of sp³-hybridized carbons (Fsp3) is 0.500. The van der Waals surface area contributed by atoms with Crippen molar-refractivity contribution in [2.45, 2.75) is 12.6 Å². The highest BCUT2D eigenvalue weighted by Gasteiger charge is 2.11. The minimum Gasteiger partial charge on any atom is -0.404 e. The van der Waals surface area contributed by atoms with Gasteiger partial charge in [0.25, 0.3) is 0 Å². The standard InChI is InChI=1S/C8H12N2O5/c11-5-6(12)3-9-4-7-1-2-8(15-7)10(13)14/h1-2,6,9,11-12H,3-5H2. The summed E-state index contributed by atoms with van der Waals surface area (Å²) in [6.07, 6.45) is -0.838. The SMILES string of the molecule is O=[N+]([O-])c1ccc(CNCC(O)CO)o1. The number of nitrogens with one attached hydrogen (secondary N) is 1. The minimum atomic E-state index is -0.838. The maximum Gasteiger partial charge on any atom is 0.433 e. The Morgan fingerprint density at radius 1 is 1.60 bits per heavy atom. The average Bonchev–Trinajstić information content (AvgIpc) is 2.66. The summed E-state index contributed by atoms with van der Waals surface area (Å²) in [5.41, 5.74) is 0. The Labute approximate surface area is 85.5 Å². The lowest BCUT2D eigenvalue weighted by Crippen LogP contribution is -2.28. The summed E-state index contributed by atoms with van der Waals surface area (Å²) < 4.78 is 4.85. The van der Waals surface area contributed by atoms with Crippen LogP contribution in [0.2, 0.25) is 0 Å². The zero-order chi connectivity index (χ0) is 11.3. The smallest absolute Gasteiger partial charge is 0.404 e. The summed E-state index contributed by atoms with van der Waals surface area (Å²) in [6, 6.07) is 2.75. The van der Waals surface area contributed by atoms with Crippen molar-refractivity contribution in [3.63, 3.8) is 0 Å². The molecule has 0 fully saturated rings. The van der Waals surface area contributed by atoms with Gasteiger partial charge in [-0.1, -0.05) is 0 Å². The molecule has 0 spiro atoms. The molecule has 3 N–H and O–H groups in total. The van der Waals surface area contributed by atoms with Crippen LogP contribution >= 0.6 is 0 Å². The zero-order valence-electron chi connectivity index (χ0n) is 7.92. The predicted octanol–water partition coefficient (Wildman–Crippen LogP) is -0.369. The molecule has 7 heteroatoms. The summed E-state index contributed by atoms with van der Waals surface area (Å²) in [6.45, 7) is 0.140. The lowest BCUT2D eigenvalue weighted by molar-refractivity contribution is -0.402. The largest absolute Gasteiger partial charge is 0.433 e. The Hall–Kier alpha value is -1.44. The first-order chi connectivity index (χ1) is 7.13. The number of aliphatic hydroxyl groups is 2. The molecule has 0 amide bonds. The first kappa shape index (κ1) is 11.6. The van der Waals surface area contributed by atoms with Crippen molar-refractivity contribution < 1.29 is 19.6 Å². The second-order valence-electron chi connectivity index (χ2n) is 2.96. The monoisotopic (exact) mass is 216 g/mol. The highest BCUT2D eigenvalue weighted by molar-refractivity contribution is 5.17. The number of hydrogen-bond acceptors (Lipinski definition) is 6. The summed E-state index contributed by atoms with van der Waals surface area (Å²) >= 11 is 0. The van der Waals surface area contributed by atoms with Gasteiger partial charge in [-0.3, -0.25) is 10.1 Å². The molecule has 1 aromatic heterocycles. The molecule has 0 aliphatic carbocycles. The molecule has 0 bridgehead atoms. The Morgan fingerprint density at radius 3 is 2.87 bits per heavy atom. The van der Waals surface area contributed by atoms with E-state index in [1.807, 2.05) is 0 Å². The Balaban J connectivity index is 2.35. The second kappa shape index (κ2) is 5.44. The molecule has 0 aliphatic rings. The van der Waals surface area contributed by atoms with E-state index < -0.39 is 11.0 Å². The van der Waals surface area contributed by atoms with Gasteiger partial charge in [0.15, 0.2) is 0 Å². The van der Waals surface area contributed by atoms with E-state index in [1.54, 1.807) is 0 Å². The van der Waals surface area contributed by atoms with Gasteiger partial charge in [-0.15, -0.1) is 0 Å². The topological polar surface area (TPSA) is 109 Å². The molecule has 0 radical (unpaired) electrons. The molecular weight excluding hydrogens is 204 g/mol. The molecule has 0 saturated carbocycles. The second-order valence-corrected chi connectivity index (χ2v) is 2.96. The number of nitro groups is 1. The van der Waals surface area contributed by atoms with Crippen molar-refractivity contribution in [2.75, 3.05) is 13.2 Å². The zero-order valence-corrected chi connectivity index (χ0v) is 7.92. The molecule has 7 nitrogen and oxygen atoms in total. The fourth-order valence-electron chi connectivity index (χ4n) is 0.986. The van der Waals surface area contributed by atoms with Gasteiger partial charge in [-0.2, -0.15) is 0 Å². The van der Waals surface area contributed by atoms with Crippen molar-refractivity contribution in [1.29, 1.82) is 0 Å². The van der Waals surface area contributed by atoms with Crippen LogP contribution in [0, 0.1) is 10.1 Å². The highest BCUT2D eigenvalue weighted by Crippen LogP contribution is 2.14. The minimum absolute atomic E-state index is 0.199. The lowest BCUT2D eigenvalue weighted by Gasteiger charge is -2.06. The number of aliphatic hydroxyl groups excluding tert-OH is 2. The van der Waals surface area contributed by atoms with Crippen molar-refractivity contribution in [3.05, 3.63) is 28.0 Å². The van der Waals surface area contributed by atoms with Crippen LogP contribution in [-0.4, -0.2) is 34.4 Å². The van der Waals surface area contributed by atoms with Crippen LogP contribution in [0.3, 0.4) is 0 Å². The van der Waals surface area contributed by atoms with Crippen molar-refractivity contribution in [3.8, 4) is 0 Å². The van der Waals surface area contributed by atoms with Crippen LogP contribution < -0.4 is 5.32 Å². The third-order valence-corrected chi connectivity index (χ3v) is 1.72. The molecule has 1 heterocycles. The van der Waals surface area contributed by atoms with E-state index in [1.165, 1.54) is 12.1 Å². The Morgan fingerprint density at radius 2 is 2.33 bits per heavy atom. The quantitative estimate of drug-likeness (QED) is 0.442. The summed E-state index contributed by atoms with van der Waals surface area (Å²) in [7, 11) is 0. The van der Waals surface area contributed by atoms with Crippen LogP contribution in [0.4, 0.5) is 5.88 Å². The number of hydrogen-bond donors (Lipinski definition) is 3. The molecule has 1 unspecified atom stereocenters. The molecular formula is C8H12N2O5. The molecule has 1 aromatic rings. The summed E-state index contributed by atoms with van der Waals surface area (Å²) in [4.78, 5) is 9.64. The molecule has 15 heavy (non-hydrogen) atoms. The van der Waals surface area contributed by atoms with Crippen LogP contribution in [0.15, 0.2) is 16.5 Å². The normalized spacial score (nSPS) is 12.7. The van der Waals surface area contributed by atoms with Gasteiger partial charge >= 0.3 is 5.88 Å². The molecule has 0 aromatic carbocycles. The van der Waals surface area contributed by atoms with Crippen molar-refractivity contribution >= 4 is 5.88 Å². The predicted molar refractivity (Wildman–Crippen MR) is 50.2 cm³/mol. The van der Waals surface area contributed by atoms with E-state index in [9.17, 15) is 10.1 Å². The molecule has 1 rings (SSSR count). The van der Waals surface area contributed by atoms with E-state index in [4.69, 9.17) is 14.6 Å². The van der Waals surface area contributed by atoms with Crippen molar-refractivity contribution in [1.82, 2.24) is 5.32 Å². The van der Waals surface area contributed by atoms with E-state index in [0.717, 1.165) is 0 Å². The van der Waals surface area contributed by atoms with E-state index in [2.05, 4.69) is 5.32 Å². The number of nitrogens with zero attached hydrogens (tertiary/aromatic N) is 1. The number of furan rings is 1. The van der Waals surface area contributed by atoms with Gasteiger partial charge in [0.2, 0.25) is 0 Å². The summed E-state index contributed by atoms with van der Waals surface area (Å²) in [5, 5.41) is 30.5. The third-order valence-electron chi connectivity index (χ3n) is 1.72. The van der Waals surface area contributed by atoms with Gasteiger partial charge in [-0.25, -0.2) is 0 Å². The van der Waals surface area contributed by atoms with Crippen LogP contribution in [0.25, 0.3) is 0 Å². The van der Waals surface area contributed by atoms with Crippen LogP contribution in [-0.2, 0) is 6.54 Å². The van der Waals surface area contributed by atoms with Gasteiger partial charge in [0.05, 0.1) is 25.3 Å². The molecule has 0 aliphatic heterocycles. The summed E-state index contributed by atoms with van der Waals surface area (Å²) in [5.74, 6) is 0.0985. The van der Waals surface area contributed by atoms with E-state index in [-0.39, 0.29) is 25.6 Å². The molecule has 1 atom stereocenters. The maximum absolute atomic E-state index is 10.3. The van der Waals surface area contributed by atoms with Gasteiger partial charge in [0.1, 0.15) is 10.7 Å². The van der Waals surface area contributed by atoms with Crippen LogP contribution in [0.5, 0.6) is 0 Å². The Kier molecular flexibility index (Phi) is 4.22. The maximum atomic E-state index is 10.3. The Bertz CT molecular complexity index is 325. The van der Waals surface area contributed by atoms with Gasteiger partial charge in [0, 0.05) is 6.54 Å². The first-order valence-electron chi connectivity index (χ1n) is 4.36. The fourth-order valence-corrected chi connectivity index (χ4v) is 0.986. The molecule has 0 saturated heterocycles. The lowest BCUT2D eigenvalue weighted by atomic mass is 10.3. The number of rotatable bonds is 6. The van der Waals surface area contributed by atoms with Crippen molar-refractivity contribution in [2.24, 2.45) is 0 Å². The van der Waals surface area contributed by atoms with E-state index >= 15 is 0 Å². The van der Waals surface area contributed by atoms with E-state index in [0.29, 0.717) is 5.76 Å². The average molecular weight is 216 g/mol. The first-order valence-corrected chi connectivity index (χ1v) is 4.36. The molecule has 84 valence electrons. The van der Waals surface area contributed by atoms with Gasteiger partial charge < -0.3 is 19.9 Å². The van der Waals surface area contributed by atoms with Gasteiger partial charge in [-0.05, 0) is 6.07 Å². The van der Waals surface area contributed by atoms with Crippen LogP contribution in [0.1, 0.15) is 5.76 Å². The highest BCUT2D eigenvalue weighted by atomic mass is 16.6.